The average Bonchev–Trinajstić information content (AvgIpc) is 1.19. The van der Waals surface area contributed by atoms with Crippen LogP contribution < -0.4 is 0 Å². The van der Waals surface area contributed by atoms with Gasteiger partial charge < -0.3 is 0 Å². The molecule has 0 aliphatic heterocycles. The first-order valence-electron chi connectivity index (χ1n) is 2.01. The normalized spacial score (nSPS) is 10.4. The van der Waals surface area contributed by atoms with Gasteiger partial charge in [-0.25, -0.2) is 0 Å². The smallest absolute Gasteiger partial charge is 0.195 e. The summed E-state index contributed by atoms with van der Waals surface area (Å²) in [4.78, 5) is 0. The molecule has 0 radical (unpaired) electrons. The highest BCUT2D eigenvalue weighted by molar-refractivity contribution is 8.31. The van der Waals surface area contributed by atoms with Crippen molar-refractivity contribution in [3.8, 4) is 0 Å². The maximum atomic E-state index is 9.16. The van der Waals surface area contributed by atoms with E-state index in [4.69, 9.17) is 20.0 Å². The van der Waals surface area contributed by atoms with Crippen molar-refractivity contribution in [3.05, 3.63) is 0 Å². The molecular formula is C3H7Cl3O2S. The first kappa shape index (κ1) is 12.5. The van der Waals surface area contributed by atoms with Crippen LogP contribution in [0.3, 0.4) is 0 Å². The molecule has 0 heterocycles. The molecule has 0 saturated carbocycles. The van der Waals surface area contributed by atoms with E-state index < -0.39 is 8.26 Å². The Morgan fingerprint density at radius 2 is 1.22 bits per heavy atom. The third-order valence-corrected chi connectivity index (χ3v) is 0. The van der Waals surface area contributed by atoms with E-state index in [1.807, 2.05) is 13.8 Å². The zero-order valence-electron chi connectivity index (χ0n) is 4.94. The van der Waals surface area contributed by atoms with E-state index in [1.165, 1.54) is 0 Å². The predicted molar refractivity (Wildman–Crippen MR) is 41.6 cm³/mol. The lowest BCUT2D eigenvalue weighted by Gasteiger charge is -1.76. The molecular weight excluding hydrogens is 206 g/mol. The number of halogens is 3. The summed E-state index contributed by atoms with van der Waals surface area (Å²) in [6.07, 6.45) is 0. The van der Waals surface area contributed by atoms with Gasteiger partial charge in [0.2, 0.25) is 0 Å². The minimum atomic E-state index is -3.72. The maximum Gasteiger partial charge on any atom is 0.317 e. The SMILES string of the molecule is CC(C)Cl.O=S(=O)(Cl)Cl. The van der Waals surface area contributed by atoms with Crippen LogP contribution >= 0.6 is 33.0 Å². The van der Waals surface area contributed by atoms with Gasteiger partial charge in [-0.2, -0.15) is 8.42 Å². The molecule has 0 fully saturated rings. The highest BCUT2D eigenvalue weighted by Crippen LogP contribution is 1.98. The second kappa shape index (κ2) is 5.59. The molecule has 0 bridgehead atoms. The van der Waals surface area contributed by atoms with Crippen LogP contribution in [0.15, 0.2) is 0 Å². The molecule has 0 aliphatic rings. The molecule has 0 aromatic rings. The number of rotatable bonds is 0. The molecule has 0 rings (SSSR count). The fraction of sp³-hybridized carbons (Fsp3) is 1.00. The zero-order chi connectivity index (χ0) is 8.08. The molecule has 0 N–H and O–H groups in total. The van der Waals surface area contributed by atoms with Crippen molar-refractivity contribution in [2.24, 2.45) is 0 Å². The second-order valence-electron chi connectivity index (χ2n) is 1.39. The van der Waals surface area contributed by atoms with E-state index in [0.29, 0.717) is 5.38 Å². The van der Waals surface area contributed by atoms with Gasteiger partial charge in [0.1, 0.15) is 0 Å². The fourth-order valence-electron chi connectivity index (χ4n) is 0. The Hall–Kier alpha value is 0.820. The Bertz CT molecular complexity index is 128. The molecule has 0 unspecified atom stereocenters. The van der Waals surface area contributed by atoms with Gasteiger partial charge in [0.15, 0.2) is 0 Å². The Balaban J connectivity index is 0. The van der Waals surface area contributed by atoms with Gasteiger partial charge in [-0.1, -0.05) is 0 Å². The lowest BCUT2D eigenvalue weighted by molar-refractivity contribution is 0.621. The van der Waals surface area contributed by atoms with Crippen molar-refractivity contribution in [1.29, 1.82) is 0 Å². The summed E-state index contributed by atoms with van der Waals surface area (Å²) in [7, 11) is 4.81. The van der Waals surface area contributed by atoms with Gasteiger partial charge in [0.05, 0.1) is 0 Å². The molecule has 6 heteroatoms. The standard InChI is InChI=1S/C3H7Cl.Cl2O2S/c1-3(2)4;1-5(2,3)4/h3H,1-2H3;. The van der Waals surface area contributed by atoms with Crippen molar-refractivity contribution >= 4 is 41.2 Å². The predicted octanol–water partition coefficient (Wildman–Crippen LogP) is 2.34. The summed E-state index contributed by atoms with van der Waals surface area (Å²) in [6.45, 7) is 3.86. The van der Waals surface area contributed by atoms with Crippen molar-refractivity contribution < 1.29 is 8.42 Å². The summed E-state index contributed by atoms with van der Waals surface area (Å²) >= 11 is 5.27. The summed E-state index contributed by atoms with van der Waals surface area (Å²) in [5.74, 6) is 0. The molecule has 0 spiro atoms. The second-order valence-corrected chi connectivity index (χ2v) is 5.93. The highest BCUT2D eigenvalue weighted by atomic mass is 36.0. The summed E-state index contributed by atoms with van der Waals surface area (Å²) in [6, 6.07) is 0. The number of hydrogen-bond acceptors (Lipinski definition) is 2. The Morgan fingerprint density at radius 3 is 1.22 bits per heavy atom. The molecule has 0 aromatic carbocycles. The lowest BCUT2D eigenvalue weighted by atomic mass is 10.6. The van der Waals surface area contributed by atoms with Crippen LogP contribution in [0.1, 0.15) is 13.8 Å². The van der Waals surface area contributed by atoms with E-state index in [1.54, 1.807) is 0 Å². The third kappa shape index (κ3) is 610. The van der Waals surface area contributed by atoms with Crippen molar-refractivity contribution in [1.82, 2.24) is 0 Å². The summed E-state index contributed by atoms with van der Waals surface area (Å²) in [5, 5.41) is 0.306. The van der Waals surface area contributed by atoms with E-state index in [0.717, 1.165) is 0 Å². The van der Waals surface area contributed by atoms with Crippen LogP contribution in [-0.2, 0) is 8.26 Å². The molecule has 9 heavy (non-hydrogen) atoms. The molecule has 0 saturated heterocycles. The molecule has 2 nitrogen and oxygen atoms in total. The van der Waals surface area contributed by atoms with Gasteiger partial charge in [-0.3, -0.25) is 0 Å². The minimum absolute atomic E-state index is 0.306. The van der Waals surface area contributed by atoms with Gasteiger partial charge in [-0.15, -0.1) is 11.6 Å². The van der Waals surface area contributed by atoms with Gasteiger partial charge in [-0.05, 0) is 13.8 Å². The minimum Gasteiger partial charge on any atom is -0.195 e. The van der Waals surface area contributed by atoms with Gasteiger partial charge in [0, 0.05) is 26.7 Å². The molecule has 0 aliphatic carbocycles. The van der Waals surface area contributed by atoms with Crippen molar-refractivity contribution in [2.45, 2.75) is 19.2 Å². The molecule has 0 atom stereocenters. The first-order valence-corrected chi connectivity index (χ1v) is 5.59. The summed E-state index contributed by atoms with van der Waals surface area (Å²) < 4.78 is 18.3. The lowest BCUT2D eigenvalue weighted by Crippen LogP contribution is -1.70. The first-order chi connectivity index (χ1) is 3.73. The molecule has 0 amide bonds. The topological polar surface area (TPSA) is 34.1 Å². The molecule has 58 valence electrons. The van der Waals surface area contributed by atoms with Crippen molar-refractivity contribution in [2.75, 3.05) is 0 Å². The highest BCUT2D eigenvalue weighted by Gasteiger charge is 1.88. The van der Waals surface area contributed by atoms with Gasteiger partial charge >= 0.3 is 8.26 Å². The van der Waals surface area contributed by atoms with Crippen LogP contribution in [0.25, 0.3) is 0 Å². The van der Waals surface area contributed by atoms with E-state index in [2.05, 4.69) is 21.4 Å². The average molecular weight is 214 g/mol. The van der Waals surface area contributed by atoms with Crippen molar-refractivity contribution in [3.63, 3.8) is 0 Å². The van der Waals surface area contributed by atoms with Gasteiger partial charge in [0.25, 0.3) is 0 Å². The Kier molecular flexibility index (Phi) is 7.76. The quantitative estimate of drug-likeness (QED) is 0.457. The van der Waals surface area contributed by atoms with Crippen LogP contribution in [0, 0.1) is 0 Å². The third-order valence-electron chi connectivity index (χ3n) is 0. The number of alkyl halides is 1. The Morgan fingerprint density at radius 1 is 1.22 bits per heavy atom. The maximum absolute atomic E-state index is 9.16. The molecule has 0 aromatic heterocycles. The number of hydrogen-bond donors (Lipinski definition) is 0. The van der Waals surface area contributed by atoms with E-state index in [-0.39, 0.29) is 0 Å². The van der Waals surface area contributed by atoms with Crippen LogP contribution in [0.2, 0.25) is 0 Å². The van der Waals surface area contributed by atoms with Crippen LogP contribution in [0.4, 0.5) is 0 Å². The Labute approximate surface area is 69.0 Å². The van der Waals surface area contributed by atoms with E-state index >= 15 is 0 Å². The fourth-order valence-corrected chi connectivity index (χ4v) is 0. The zero-order valence-corrected chi connectivity index (χ0v) is 8.02. The summed E-state index contributed by atoms with van der Waals surface area (Å²) in [5.41, 5.74) is 0. The largest absolute Gasteiger partial charge is 0.317 e. The van der Waals surface area contributed by atoms with Crippen LogP contribution in [0.5, 0.6) is 0 Å². The van der Waals surface area contributed by atoms with E-state index in [9.17, 15) is 0 Å². The van der Waals surface area contributed by atoms with Crippen LogP contribution in [-0.4, -0.2) is 13.8 Å². The monoisotopic (exact) mass is 212 g/mol.